The van der Waals surface area contributed by atoms with Crippen LogP contribution >= 0.6 is 23.2 Å². The number of nitrogens with zero attached hydrogens (tertiary/aromatic N) is 2. The lowest BCUT2D eigenvalue weighted by Gasteiger charge is -2.16. The third-order valence-corrected chi connectivity index (χ3v) is 5.30. The van der Waals surface area contributed by atoms with E-state index in [1.165, 1.54) is 12.1 Å². The Balaban J connectivity index is 2.21. The number of carboxylic acids is 1. The Bertz CT molecular complexity index is 1280. The number of aliphatic carboxylic acids is 1. The van der Waals surface area contributed by atoms with Crippen LogP contribution in [0.3, 0.4) is 0 Å². The molecule has 0 fully saturated rings. The molecule has 0 aliphatic heterocycles. The Kier molecular flexibility index (Phi) is 7.01. The fourth-order valence-corrected chi connectivity index (χ4v) is 3.54. The van der Waals surface area contributed by atoms with E-state index >= 15 is 0 Å². The summed E-state index contributed by atoms with van der Waals surface area (Å²) in [5.74, 6) is -3.37. The van der Waals surface area contributed by atoms with Crippen molar-refractivity contribution in [2.75, 3.05) is 6.54 Å². The molecule has 0 spiro atoms. The van der Waals surface area contributed by atoms with Crippen LogP contribution in [0.4, 0.5) is 0 Å². The molecule has 1 heterocycles. The Morgan fingerprint density at radius 1 is 0.906 bits per heavy atom. The van der Waals surface area contributed by atoms with Gasteiger partial charge in [0.1, 0.15) is 6.54 Å². The van der Waals surface area contributed by atoms with E-state index in [1.54, 1.807) is 36.4 Å². The summed E-state index contributed by atoms with van der Waals surface area (Å²) >= 11 is 12.3. The summed E-state index contributed by atoms with van der Waals surface area (Å²) in [7, 11) is 0. The summed E-state index contributed by atoms with van der Waals surface area (Å²) in [6.45, 7) is -1.31. The summed E-state index contributed by atoms with van der Waals surface area (Å²) in [4.78, 5) is 49.5. The molecule has 32 heavy (non-hydrogen) atoms. The number of carboxylic acid groups (broad SMARTS) is 1. The Morgan fingerprint density at radius 2 is 1.53 bits per heavy atom. The van der Waals surface area contributed by atoms with E-state index in [2.05, 4.69) is 0 Å². The number of hydrogen-bond acceptors (Lipinski definition) is 5. The Morgan fingerprint density at radius 3 is 2.12 bits per heavy atom. The van der Waals surface area contributed by atoms with Crippen LogP contribution in [0.2, 0.25) is 10.0 Å². The normalized spacial score (nSPS) is 10.7. The molecule has 11 heteroatoms. The van der Waals surface area contributed by atoms with Crippen molar-refractivity contribution in [3.8, 4) is 5.88 Å². The summed E-state index contributed by atoms with van der Waals surface area (Å²) in [5, 5.41) is 21.9. The van der Waals surface area contributed by atoms with E-state index in [1.807, 2.05) is 5.32 Å². The molecule has 1 aromatic heterocycles. The van der Waals surface area contributed by atoms with Crippen molar-refractivity contribution in [2.45, 2.75) is 13.1 Å². The maximum atomic E-state index is 13.1. The highest BCUT2D eigenvalue weighted by Crippen LogP contribution is 2.24. The number of halogens is 2. The molecule has 0 bridgehead atoms. The van der Waals surface area contributed by atoms with E-state index in [4.69, 9.17) is 28.3 Å². The number of carbonyl (C=O) groups excluding carboxylic acids is 1. The first-order chi connectivity index (χ1) is 15.2. The van der Waals surface area contributed by atoms with Crippen LogP contribution in [0.15, 0.2) is 58.1 Å². The SMILES string of the molecule is O=C(O)CNC(=O)c1c(O)n(Cc2ccccc2)c(=O)n(Cc2c(Cl)cccc2Cl)c1=O. The molecule has 0 unspecified atom stereocenters. The van der Waals surface area contributed by atoms with Crippen molar-refractivity contribution in [3.05, 3.63) is 96.1 Å². The van der Waals surface area contributed by atoms with Crippen molar-refractivity contribution in [1.29, 1.82) is 0 Å². The number of hydrogen-bond donors (Lipinski definition) is 3. The highest BCUT2D eigenvalue weighted by molar-refractivity contribution is 6.35. The molecule has 0 aliphatic carbocycles. The molecule has 1 amide bonds. The van der Waals surface area contributed by atoms with Gasteiger partial charge in [0.25, 0.3) is 11.5 Å². The van der Waals surface area contributed by atoms with Crippen molar-refractivity contribution in [2.24, 2.45) is 0 Å². The molecule has 0 radical (unpaired) electrons. The van der Waals surface area contributed by atoms with Gasteiger partial charge in [-0.05, 0) is 17.7 Å². The zero-order valence-electron chi connectivity index (χ0n) is 16.4. The first kappa shape index (κ1) is 23.1. The zero-order valence-corrected chi connectivity index (χ0v) is 17.9. The molecular weight excluding hydrogens is 461 g/mol. The van der Waals surface area contributed by atoms with E-state index in [0.29, 0.717) is 10.1 Å². The van der Waals surface area contributed by atoms with Crippen LogP contribution in [0.1, 0.15) is 21.5 Å². The van der Waals surface area contributed by atoms with Gasteiger partial charge in [0, 0.05) is 15.6 Å². The molecule has 0 atom stereocenters. The monoisotopic (exact) mass is 477 g/mol. The quantitative estimate of drug-likeness (QED) is 0.476. The van der Waals surface area contributed by atoms with Gasteiger partial charge < -0.3 is 15.5 Å². The van der Waals surface area contributed by atoms with Gasteiger partial charge in [-0.15, -0.1) is 0 Å². The van der Waals surface area contributed by atoms with E-state index in [0.717, 1.165) is 4.57 Å². The summed E-state index contributed by atoms with van der Waals surface area (Å²) in [5.41, 5.74) is -1.91. The van der Waals surface area contributed by atoms with Gasteiger partial charge in [-0.1, -0.05) is 59.6 Å². The second-order valence-electron chi connectivity index (χ2n) is 6.72. The summed E-state index contributed by atoms with van der Waals surface area (Å²) < 4.78 is 1.56. The zero-order chi connectivity index (χ0) is 23.4. The van der Waals surface area contributed by atoms with E-state index in [-0.39, 0.29) is 28.7 Å². The highest BCUT2D eigenvalue weighted by Gasteiger charge is 2.25. The van der Waals surface area contributed by atoms with Gasteiger partial charge in [-0.2, -0.15) is 0 Å². The van der Waals surface area contributed by atoms with Crippen molar-refractivity contribution in [3.63, 3.8) is 0 Å². The molecule has 9 nitrogen and oxygen atoms in total. The van der Waals surface area contributed by atoms with E-state index < -0.39 is 41.1 Å². The van der Waals surface area contributed by atoms with Gasteiger partial charge in [-0.25, -0.2) is 4.79 Å². The van der Waals surface area contributed by atoms with Crippen LogP contribution in [-0.2, 0) is 17.9 Å². The largest absolute Gasteiger partial charge is 0.494 e. The molecule has 3 rings (SSSR count). The number of aromatic hydroxyl groups is 1. The fraction of sp³-hybridized carbons (Fsp3) is 0.143. The Hall–Kier alpha value is -3.56. The molecule has 3 N–H and O–H groups in total. The maximum absolute atomic E-state index is 13.1. The molecule has 166 valence electrons. The van der Waals surface area contributed by atoms with E-state index in [9.17, 15) is 24.3 Å². The van der Waals surface area contributed by atoms with Gasteiger partial charge in [0.05, 0.1) is 13.1 Å². The van der Waals surface area contributed by atoms with Gasteiger partial charge in [-0.3, -0.25) is 23.5 Å². The number of amides is 1. The fourth-order valence-electron chi connectivity index (χ4n) is 3.02. The maximum Gasteiger partial charge on any atom is 0.334 e. The predicted molar refractivity (Wildman–Crippen MR) is 118 cm³/mol. The lowest BCUT2D eigenvalue weighted by Crippen LogP contribution is -2.45. The predicted octanol–water partition coefficient (Wildman–Crippen LogP) is 1.93. The molecule has 3 aromatic rings. The average molecular weight is 478 g/mol. The number of nitrogens with one attached hydrogen (secondary N) is 1. The first-order valence-electron chi connectivity index (χ1n) is 9.24. The third-order valence-electron chi connectivity index (χ3n) is 4.59. The second kappa shape index (κ2) is 9.71. The van der Waals surface area contributed by atoms with Crippen LogP contribution < -0.4 is 16.6 Å². The lowest BCUT2D eigenvalue weighted by molar-refractivity contribution is -0.135. The molecular formula is C21H17Cl2N3O6. The number of aromatic nitrogens is 2. The summed E-state index contributed by atoms with van der Waals surface area (Å²) in [6.07, 6.45) is 0. The van der Waals surface area contributed by atoms with Gasteiger partial charge in [0.2, 0.25) is 5.88 Å². The van der Waals surface area contributed by atoms with Crippen LogP contribution in [0.25, 0.3) is 0 Å². The van der Waals surface area contributed by atoms with Crippen LogP contribution in [-0.4, -0.2) is 37.8 Å². The molecule has 0 aliphatic rings. The van der Waals surface area contributed by atoms with Crippen molar-refractivity contribution in [1.82, 2.24) is 14.5 Å². The number of rotatable bonds is 7. The highest BCUT2D eigenvalue weighted by atomic mass is 35.5. The third kappa shape index (κ3) is 4.84. The molecule has 0 saturated carbocycles. The first-order valence-corrected chi connectivity index (χ1v) is 9.99. The molecule has 0 saturated heterocycles. The van der Waals surface area contributed by atoms with Gasteiger partial charge >= 0.3 is 11.7 Å². The number of carbonyl (C=O) groups is 2. The summed E-state index contributed by atoms with van der Waals surface area (Å²) in [6, 6.07) is 13.2. The second-order valence-corrected chi connectivity index (χ2v) is 7.54. The smallest absolute Gasteiger partial charge is 0.334 e. The minimum absolute atomic E-state index is 0.152. The topological polar surface area (TPSA) is 131 Å². The van der Waals surface area contributed by atoms with Crippen LogP contribution in [0.5, 0.6) is 5.88 Å². The number of benzene rings is 2. The van der Waals surface area contributed by atoms with Crippen LogP contribution in [0, 0.1) is 0 Å². The minimum atomic E-state index is -1.35. The van der Waals surface area contributed by atoms with Gasteiger partial charge in [0.15, 0.2) is 5.56 Å². The van der Waals surface area contributed by atoms with Crippen molar-refractivity contribution < 1.29 is 19.8 Å². The average Bonchev–Trinajstić information content (AvgIpc) is 2.75. The lowest BCUT2D eigenvalue weighted by atomic mass is 10.2. The van der Waals surface area contributed by atoms with Crippen molar-refractivity contribution >= 4 is 35.1 Å². The standard InChI is InChI=1S/C21H17Cl2N3O6/c22-14-7-4-8-15(23)13(14)11-26-20(31)17(18(29)24-9-16(27)28)19(30)25(21(26)32)10-12-5-2-1-3-6-12/h1-8,30H,9-11H2,(H,24,29)(H,27,28). The minimum Gasteiger partial charge on any atom is -0.494 e. The Labute approximate surface area is 191 Å². The molecule has 2 aromatic carbocycles.